The molecular weight excluding hydrogens is 1680 g/mol. The van der Waals surface area contributed by atoms with Gasteiger partial charge >= 0.3 is 6.09 Å². The molecule has 2 aromatic carbocycles. The van der Waals surface area contributed by atoms with Crippen molar-refractivity contribution >= 4 is 131 Å². The van der Waals surface area contributed by atoms with E-state index in [-0.39, 0.29) is 115 Å². The van der Waals surface area contributed by atoms with Crippen LogP contribution in [-0.4, -0.2) is 314 Å². The third-order valence-electron chi connectivity index (χ3n) is 25.7. The molecule has 5 fully saturated rings. The number of nitrogens with one attached hydrogen (secondary N) is 7. The van der Waals surface area contributed by atoms with Gasteiger partial charge in [-0.2, -0.15) is 35.3 Å². The van der Waals surface area contributed by atoms with Gasteiger partial charge in [-0.3, -0.25) is 33.7 Å². The van der Waals surface area contributed by atoms with E-state index in [2.05, 4.69) is 150 Å². The lowest BCUT2D eigenvalue weighted by atomic mass is 9.85. The number of hydrogen-bond acceptors (Lipinski definition) is 29. The number of nitrogens with two attached hydrogens (primary N) is 1. The molecule has 13 rings (SSSR count). The first-order valence-corrected chi connectivity index (χ1v) is 51.6. The van der Waals surface area contributed by atoms with E-state index in [4.69, 9.17) is 44.3 Å². The third-order valence-corrected chi connectivity index (χ3v) is 35.9. The van der Waals surface area contributed by atoms with Crippen molar-refractivity contribution in [2.45, 2.75) is 221 Å². The zero-order valence-electron chi connectivity index (χ0n) is 74.3. The number of likely N-dealkylation sites (tertiary alicyclic amines) is 1. The Hall–Kier alpha value is -7.83. The Bertz CT molecular complexity index is 4360. The van der Waals surface area contributed by atoms with Gasteiger partial charge in [-0.05, 0) is 118 Å². The number of allylic oxidation sites excluding steroid dienone is 4. The fraction of sp³-hybridized carbons (Fsp3) is 0.637. The smallest absolute Gasteiger partial charge is 0.405 e. The molecule has 5 amide bonds. The van der Waals surface area contributed by atoms with Crippen molar-refractivity contribution in [3.63, 3.8) is 0 Å². The van der Waals surface area contributed by atoms with Crippen LogP contribution in [0.5, 0.6) is 0 Å². The Balaban J connectivity index is 0.492. The number of amides is 5. The van der Waals surface area contributed by atoms with Gasteiger partial charge in [-0.25, -0.2) is 24.8 Å². The average molecular weight is 1810 g/mol. The first-order chi connectivity index (χ1) is 60.3. The number of aliphatic hydroxyl groups excluding tert-OH is 1. The monoisotopic (exact) mass is 1810 g/mol. The third kappa shape index (κ3) is 25.0. The Morgan fingerprint density at radius 2 is 1.14 bits per heavy atom. The fourth-order valence-corrected chi connectivity index (χ4v) is 28.0. The molecule has 29 nitrogen and oxygen atoms in total. The molecule has 0 saturated carbocycles. The number of guanidine groups is 4. The zero-order valence-corrected chi connectivity index (χ0v) is 78.6. The number of aliphatic imine (C=N–C) groups is 4. The number of hydrogen-bond donors (Lipinski definition) is 9. The zero-order chi connectivity index (χ0) is 88.3. The molecule has 2 bridgehead atoms. The maximum Gasteiger partial charge on any atom is 0.405 e. The molecule has 0 radical (unpaired) electrons. The molecule has 1 aliphatic carbocycles. The highest BCUT2D eigenvalue weighted by molar-refractivity contribution is 8.00. The molecule has 682 valence electrons. The minimum absolute atomic E-state index is 0.0123. The first kappa shape index (κ1) is 94.8. The molecule has 10 aliphatic heterocycles. The van der Waals surface area contributed by atoms with Gasteiger partial charge in [0.1, 0.15) is 6.10 Å². The number of ketones is 2. The minimum Gasteiger partial charge on any atom is -0.439 e. The van der Waals surface area contributed by atoms with E-state index in [0.717, 1.165) is 168 Å². The predicted octanol–water partition coefficient (Wildman–Crippen LogP) is 6.44. The lowest BCUT2D eigenvalue weighted by molar-refractivity contribution is -0.138. The van der Waals surface area contributed by atoms with Crippen LogP contribution in [0.4, 0.5) is 4.79 Å². The van der Waals surface area contributed by atoms with Gasteiger partial charge < -0.3 is 86.3 Å². The molecule has 0 spiro atoms. The van der Waals surface area contributed by atoms with Crippen LogP contribution in [0.3, 0.4) is 0 Å². The van der Waals surface area contributed by atoms with E-state index in [1.807, 2.05) is 30.4 Å². The van der Waals surface area contributed by atoms with Crippen LogP contribution in [-0.2, 0) is 47.4 Å². The lowest BCUT2D eigenvalue weighted by Crippen LogP contribution is -2.67. The highest BCUT2D eigenvalue weighted by Crippen LogP contribution is 2.39. The van der Waals surface area contributed by atoms with Gasteiger partial charge in [0.05, 0.1) is 59.6 Å². The normalized spacial score (nSPS) is 28.4. The SMILES string of the molecule is COC1C=CC=C(C)C(=O)NC2=CC(=O)C(NCCCNC(=O)CCCN3C(=O)CC(SC[C@H]4CCN5CC[C@H](CSC[C@H]6CCN7CC[C@H](CSC[C@H]8CCN9CC[C@H](CSC[C@H]%10CCN%11CC[C@H](CO[Si](c%12ccccc%12)(c%12ccccc%12)C(C)(C)C)N=C%11N%10)N=C9N8)NC7=N6)NC5=N4)C3=O)=C(CC(C)CC(OC)C(O)C(C)C=C(C)C1OC(N)=O)C2=O. The lowest BCUT2D eigenvalue weighted by Gasteiger charge is -2.44. The van der Waals surface area contributed by atoms with Crippen molar-refractivity contribution in [1.82, 2.24) is 61.7 Å². The number of nitrogens with zero attached hydrogens (tertiary/aromatic N) is 9. The highest BCUT2D eigenvalue weighted by atomic mass is 32.2. The summed E-state index contributed by atoms with van der Waals surface area (Å²) >= 11 is 7.56. The van der Waals surface area contributed by atoms with E-state index >= 15 is 0 Å². The number of carbonyl (C=O) groups is 7. The van der Waals surface area contributed by atoms with Crippen LogP contribution in [0.1, 0.15) is 138 Å². The second-order valence-electron chi connectivity index (χ2n) is 36.2. The summed E-state index contributed by atoms with van der Waals surface area (Å²) in [5.41, 5.74) is 6.23. The molecule has 10 heterocycles. The average Bonchev–Trinajstić information content (AvgIpc) is 1.16. The number of carbonyl (C=O) groups excluding carboxylic acids is 7. The van der Waals surface area contributed by atoms with Crippen LogP contribution in [0.2, 0.25) is 5.04 Å². The maximum absolute atomic E-state index is 14.3. The minimum atomic E-state index is -2.65. The number of methoxy groups -OCH3 is 2. The molecule has 125 heavy (non-hydrogen) atoms. The molecule has 10 N–H and O–H groups in total. The van der Waals surface area contributed by atoms with E-state index in [1.54, 1.807) is 26.0 Å². The number of Topliss-reactive ketones (excluding diaryl/α,β-unsaturated/α-hetero) is 1. The van der Waals surface area contributed by atoms with E-state index in [0.29, 0.717) is 61.0 Å². The number of thioether (sulfide) groups is 4. The number of primary amides is 1. The van der Waals surface area contributed by atoms with Crippen LogP contribution < -0.4 is 53.3 Å². The molecule has 11 aliphatic rings. The molecule has 7 unspecified atom stereocenters. The Morgan fingerprint density at radius 1 is 0.640 bits per heavy atom. The standard InChI is InChI=1S/C91H133N17O12S4Si/c1-58-45-72-80(74(109)48-73(82(72)113)103-84(114)59(2)19-16-24-75(117-8)83(120-86(92)116)61(4)47-60(3)81(112)76(46-58)118-9)94-35-18-34-93-78(110)25-17-36-108-79(111)49-77(85(108)115)124-57-69-33-44-107-43-32-68(101-90(107)102-69)56-123-55-67-31-42-106-41-30-66(99-89(106)100-67)54-122-53-65-29-40-105-39-28-64(97-88(105)98-65)52-121-51-63-27-38-104-37-26-62(95-87(104)96-63)50-119-125(91(5,6)7,70-20-12-10-13-21-70)71-22-14-11-15-23-71/h10-16,19-24,47-48,58,60,62-69,75-77,81,83,94,112H,17-18,25-46,49-57H2,1-9H3,(H2,92,116)(H,93,110)(H,95,96)(H,97,98)(H,99,100)(H,101,102)(H,103,114)/t58?,60?,62-,63-,64-,65-,66-,67-,68-,69-,75?,76?,77?,81?,83?/m1/s1. The van der Waals surface area contributed by atoms with Gasteiger partial charge in [0, 0.05) is 187 Å². The molecule has 34 heteroatoms. The maximum atomic E-state index is 14.3. The van der Waals surface area contributed by atoms with Crippen molar-refractivity contribution in [3.8, 4) is 0 Å². The summed E-state index contributed by atoms with van der Waals surface area (Å²) in [5.74, 6) is 7.62. The number of ether oxygens (including phenoxy) is 3. The summed E-state index contributed by atoms with van der Waals surface area (Å²) in [7, 11) is 0.246. The summed E-state index contributed by atoms with van der Waals surface area (Å²) < 4.78 is 24.3. The molecule has 0 aromatic heterocycles. The van der Waals surface area contributed by atoms with Crippen LogP contribution in [0.25, 0.3) is 0 Å². The van der Waals surface area contributed by atoms with Crippen molar-refractivity contribution in [2.75, 3.05) is 133 Å². The number of fused-ring (bicyclic) bond motifs is 6. The number of imide groups is 1. The molecule has 15 atom stereocenters. The summed E-state index contributed by atoms with van der Waals surface area (Å²) in [4.78, 5) is 126. The van der Waals surface area contributed by atoms with E-state index < -0.39 is 67.5 Å². The van der Waals surface area contributed by atoms with Gasteiger partial charge in [0.25, 0.3) is 14.2 Å². The molecule has 5 saturated heterocycles. The van der Waals surface area contributed by atoms with Crippen molar-refractivity contribution in [1.29, 1.82) is 0 Å². The predicted molar refractivity (Wildman–Crippen MR) is 503 cm³/mol. The highest BCUT2D eigenvalue weighted by Gasteiger charge is 2.51. The fourth-order valence-electron chi connectivity index (χ4n) is 18.6. The number of aliphatic hydroxyl groups is 1. The number of rotatable bonds is 32. The van der Waals surface area contributed by atoms with Crippen LogP contribution in [0.15, 0.2) is 139 Å². The van der Waals surface area contributed by atoms with Gasteiger partial charge in [0.15, 0.2) is 29.9 Å². The van der Waals surface area contributed by atoms with Crippen molar-refractivity contribution < 1.29 is 57.3 Å². The van der Waals surface area contributed by atoms with Gasteiger partial charge in [-0.1, -0.05) is 120 Å². The second-order valence-corrected chi connectivity index (χ2v) is 45.0. The van der Waals surface area contributed by atoms with Crippen molar-refractivity contribution in [3.05, 3.63) is 119 Å². The van der Waals surface area contributed by atoms with Gasteiger partial charge in [0.2, 0.25) is 29.3 Å². The largest absolute Gasteiger partial charge is 0.439 e. The molecule has 2 aromatic rings. The van der Waals surface area contributed by atoms with Crippen molar-refractivity contribution in [2.24, 2.45) is 37.5 Å². The Labute approximate surface area is 756 Å². The van der Waals surface area contributed by atoms with E-state index in [9.17, 15) is 38.7 Å². The summed E-state index contributed by atoms with van der Waals surface area (Å²) in [6, 6.07) is 24.0. The summed E-state index contributed by atoms with van der Waals surface area (Å²) in [6.45, 7) is 23.2. The summed E-state index contributed by atoms with van der Waals surface area (Å²) in [6.07, 6.45) is 12.5. The Morgan fingerprint density at radius 3 is 1.66 bits per heavy atom. The number of benzene rings is 2. The summed E-state index contributed by atoms with van der Waals surface area (Å²) in [5, 5.41) is 37.7. The van der Waals surface area contributed by atoms with Crippen LogP contribution >= 0.6 is 47.0 Å². The van der Waals surface area contributed by atoms with Gasteiger partial charge in [-0.15, -0.1) is 11.8 Å². The second kappa shape index (κ2) is 44.9. The van der Waals surface area contributed by atoms with Crippen LogP contribution in [0, 0.1) is 11.8 Å². The van der Waals surface area contributed by atoms with E-state index in [1.165, 1.54) is 60.3 Å². The Kier molecular flexibility index (Phi) is 34.1. The molecular formula is C91H133N17O12S4Si. The topological polar surface area (TPSA) is 353 Å². The first-order valence-electron chi connectivity index (χ1n) is 45.2. The quantitative estimate of drug-likeness (QED) is 0.0125.